The van der Waals surface area contributed by atoms with E-state index in [1.807, 2.05) is 24.3 Å². The number of aryl methyl sites for hydroxylation is 1. The summed E-state index contributed by atoms with van der Waals surface area (Å²) in [5.41, 5.74) is 1.21. The lowest BCUT2D eigenvalue weighted by Crippen LogP contribution is -1.87. The highest BCUT2D eigenvalue weighted by Crippen LogP contribution is 2.27. The van der Waals surface area contributed by atoms with E-state index in [1.165, 1.54) is 10.9 Å². The molecule has 0 aliphatic rings. The summed E-state index contributed by atoms with van der Waals surface area (Å²) < 4.78 is 10.4. The third-order valence-electron chi connectivity index (χ3n) is 2.58. The molecule has 0 atom stereocenters. The molecule has 0 unspecified atom stereocenters. The number of hydrogen-bond donors (Lipinski definition) is 0. The second kappa shape index (κ2) is 3.81. The summed E-state index contributed by atoms with van der Waals surface area (Å²) in [5.74, 6) is 1.75. The van der Waals surface area contributed by atoms with Crippen LogP contribution in [0.25, 0.3) is 10.8 Å². The highest BCUT2D eigenvalue weighted by molar-refractivity contribution is 5.88. The third kappa shape index (κ3) is 1.75. The van der Waals surface area contributed by atoms with E-state index < -0.39 is 0 Å². The zero-order valence-electron chi connectivity index (χ0n) is 9.20. The van der Waals surface area contributed by atoms with Crippen LogP contribution in [0.1, 0.15) is 5.56 Å². The molecular weight excluding hydrogens is 188 g/mol. The highest BCUT2D eigenvalue weighted by atomic mass is 16.5. The number of methoxy groups -OCH3 is 2. The lowest BCUT2D eigenvalue weighted by atomic mass is 10.0. The van der Waals surface area contributed by atoms with Gasteiger partial charge in [-0.15, -0.1) is 0 Å². The molecule has 0 aliphatic carbocycles. The molecule has 2 rings (SSSR count). The number of rotatable bonds is 2. The second-order valence-electron chi connectivity index (χ2n) is 3.53. The van der Waals surface area contributed by atoms with Gasteiger partial charge in [0.1, 0.15) is 11.5 Å². The number of hydrogen-bond acceptors (Lipinski definition) is 2. The molecule has 0 N–H and O–H groups in total. The van der Waals surface area contributed by atoms with Crippen LogP contribution < -0.4 is 9.47 Å². The van der Waals surface area contributed by atoms with Gasteiger partial charge in [0.25, 0.3) is 0 Å². The van der Waals surface area contributed by atoms with E-state index in [9.17, 15) is 0 Å². The fraction of sp³-hybridized carbons (Fsp3) is 0.231. The zero-order chi connectivity index (χ0) is 10.8. The first-order valence-electron chi connectivity index (χ1n) is 4.87. The molecule has 0 saturated heterocycles. The van der Waals surface area contributed by atoms with Crippen molar-refractivity contribution in [2.45, 2.75) is 6.92 Å². The van der Waals surface area contributed by atoms with Crippen molar-refractivity contribution in [2.24, 2.45) is 0 Å². The van der Waals surface area contributed by atoms with Gasteiger partial charge in [-0.3, -0.25) is 0 Å². The van der Waals surface area contributed by atoms with Crippen LogP contribution in [0.3, 0.4) is 0 Å². The lowest BCUT2D eigenvalue weighted by Gasteiger charge is -2.07. The van der Waals surface area contributed by atoms with E-state index in [4.69, 9.17) is 9.47 Å². The van der Waals surface area contributed by atoms with Crippen molar-refractivity contribution in [3.63, 3.8) is 0 Å². The first-order chi connectivity index (χ1) is 7.24. The smallest absolute Gasteiger partial charge is 0.119 e. The minimum absolute atomic E-state index is 0.871. The average molecular weight is 202 g/mol. The monoisotopic (exact) mass is 202 g/mol. The fourth-order valence-corrected chi connectivity index (χ4v) is 1.75. The molecule has 0 bridgehead atoms. The van der Waals surface area contributed by atoms with Gasteiger partial charge in [0.15, 0.2) is 0 Å². The summed E-state index contributed by atoms with van der Waals surface area (Å²) in [4.78, 5) is 0. The molecule has 2 heteroatoms. The molecule has 0 aromatic heterocycles. The Morgan fingerprint density at radius 1 is 0.867 bits per heavy atom. The van der Waals surface area contributed by atoms with Crippen molar-refractivity contribution in [3.05, 3.63) is 35.9 Å². The molecule has 0 fully saturated rings. The van der Waals surface area contributed by atoms with E-state index in [0.717, 1.165) is 16.9 Å². The van der Waals surface area contributed by atoms with Crippen LogP contribution in [0.4, 0.5) is 0 Å². The molecule has 0 saturated carbocycles. The predicted molar refractivity (Wildman–Crippen MR) is 61.8 cm³/mol. The maximum Gasteiger partial charge on any atom is 0.119 e. The quantitative estimate of drug-likeness (QED) is 0.744. The molecule has 2 aromatic carbocycles. The maximum absolute atomic E-state index is 5.24. The predicted octanol–water partition coefficient (Wildman–Crippen LogP) is 3.17. The average Bonchev–Trinajstić information content (AvgIpc) is 2.28. The molecule has 0 amide bonds. The van der Waals surface area contributed by atoms with Gasteiger partial charge in [0, 0.05) is 0 Å². The number of benzene rings is 2. The van der Waals surface area contributed by atoms with Crippen molar-refractivity contribution in [1.29, 1.82) is 0 Å². The minimum Gasteiger partial charge on any atom is -0.497 e. The van der Waals surface area contributed by atoms with E-state index in [1.54, 1.807) is 14.2 Å². The van der Waals surface area contributed by atoms with Crippen LogP contribution >= 0.6 is 0 Å². The molecule has 2 nitrogen and oxygen atoms in total. The fourth-order valence-electron chi connectivity index (χ4n) is 1.75. The van der Waals surface area contributed by atoms with Gasteiger partial charge in [-0.1, -0.05) is 6.07 Å². The zero-order valence-corrected chi connectivity index (χ0v) is 9.20. The molecule has 0 spiro atoms. The van der Waals surface area contributed by atoms with Crippen molar-refractivity contribution in [1.82, 2.24) is 0 Å². The topological polar surface area (TPSA) is 18.5 Å². The van der Waals surface area contributed by atoms with E-state index in [0.29, 0.717) is 0 Å². The van der Waals surface area contributed by atoms with E-state index >= 15 is 0 Å². The van der Waals surface area contributed by atoms with Crippen LogP contribution in [-0.4, -0.2) is 14.2 Å². The summed E-state index contributed by atoms with van der Waals surface area (Å²) in [5, 5.41) is 2.38. The van der Waals surface area contributed by atoms with Gasteiger partial charge in [0.05, 0.1) is 14.2 Å². The molecule has 0 heterocycles. The van der Waals surface area contributed by atoms with E-state index in [2.05, 4.69) is 13.0 Å². The van der Waals surface area contributed by atoms with Crippen LogP contribution in [-0.2, 0) is 0 Å². The van der Waals surface area contributed by atoms with Crippen LogP contribution in [0.15, 0.2) is 30.3 Å². The standard InChI is InChI=1S/C13H14O2/c1-9-6-12(15-3)8-10-7-11(14-2)4-5-13(9)10/h4-8H,1-3H3. The Balaban J connectivity index is 2.69. The Bertz CT molecular complexity index is 484. The molecule has 0 radical (unpaired) electrons. The van der Waals surface area contributed by atoms with Crippen molar-refractivity contribution in [3.8, 4) is 11.5 Å². The first-order valence-corrected chi connectivity index (χ1v) is 4.87. The van der Waals surface area contributed by atoms with Crippen LogP contribution in [0.5, 0.6) is 11.5 Å². The Kier molecular flexibility index (Phi) is 2.50. The molecule has 0 aliphatic heterocycles. The van der Waals surface area contributed by atoms with Crippen molar-refractivity contribution >= 4 is 10.8 Å². The Morgan fingerprint density at radius 2 is 1.53 bits per heavy atom. The van der Waals surface area contributed by atoms with Gasteiger partial charge in [-0.25, -0.2) is 0 Å². The lowest BCUT2D eigenvalue weighted by molar-refractivity contribution is 0.413. The first kappa shape index (κ1) is 9.84. The maximum atomic E-state index is 5.24. The van der Waals surface area contributed by atoms with Crippen molar-refractivity contribution in [2.75, 3.05) is 14.2 Å². The molecular formula is C13H14O2. The summed E-state index contributed by atoms with van der Waals surface area (Å²) in [6, 6.07) is 10.1. The van der Waals surface area contributed by atoms with Crippen LogP contribution in [0.2, 0.25) is 0 Å². The van der Waals surface area contributed by atoms with Gasteiger partial charge >= 0.3 is 0 Å². The van der Waals surface area contributed by atoms with Crippen LogP contribution in [0, 0.1) is 6.92 Å². The molecule has 2 aromatic rings. The highest BCUT2D eigenvalue weighted by Gasteiger charge is 2.02. The van der Waals surface area contributed by atoms with Gasteiger partial charge in [0.2, 0.25) is 0 Å². The third-order valence-corrected chi connectivity index (χ3v) is 2.58. The minimum atomic E-state index is 0.871. The van der Waals surface area contributed by atoms with Gasteiger partial charge in [-0.05, 0) is 47.5 Å². The Morgan fingerprint density at radius 3 is 2.20 bits per heavy atom. The largest absolute Gasteiger partial charge is 0.497 e. The van der Waals surface area contributed by atoms with Gasteiger partial charge < -0.3 is 9.47 Å². The van der Waals surface area contributed by atoms with Gasteiger partial charge in [-0.2, -0.15) is 0 Å². The summed E-state index contributed by atoms with van der Waals surface area (Å²) in [6.45, 7) is 2.08. The van der Waals surface area contributed by atoms with Crippen molar-refractivity contribution < 1.29 is 9.47 Å². The second-order valence-corrected chi connectivity index (χ2v) is 3.53. The molecule has 78 valence electrons. The summed E-state index contributed by atoms with van der Waals surface area (Å²) in [7, 11) is 3.36. The normalized spacial score (nSPS) is 10.3. The number of ether oxygens (including phenoxy) is 2. The summed E-state index contributed by atoms with van der Waals surface area (Å²) in [6.07, 6.45) is 0. The molecule has 15 heavy (non-hydrogen) atoms. The number of fused-ring (bicyclic) bond motifs is 1. The SMILES string of the molecule is COc1ccc2c(C)cc(OC)cc2c1. The summed E-state index contributed by atoms with van der Waals surface area (Å²) >= 11 is 0. The Labute approximate surface area is 89.4 Å². The van der Waals surface area contributed by atoms with E-state index in [-0.39, 0.29) is 0 Å². The Hall–Kier alpha value is -1.70.